The summed E-state index contributed by atoms with van der Waals surface area (Å²) in [4.78, 5) is 11.6. The zero-order chi connectivity index (χ0) is 12.7. The van der Waals surface area contributed by atoms with Gasteiger partial charge in [-0.3, -0.25) is 4.79 Å². The number of carbonyl (C=O) groups is 1. The fourth-order valence-electron chi connectivity index (χ4n) is 2.59. The Kier molecular flexibility index (Phi) is 2.86. The van der Waals surface area contributed by atoms with Gasteiger partial charge in [0.1, 0.15) is 5.76 Å². The molecule has 1 heterocycles. The van der Waals surface area contributed by atoms with Crippen LogP contribution in [0.5, 0.6) is 0 Å². The first-order valence-electron chi connectivity index (χ1n) is 5.97. The molecular formula is C15H13BrO2. The smallest absolute Gasteiger partial charge is 0.195 e. The molecule has 1 aliphatic carbocycles. The van der Waals surface area contributed by atoms with Gasteiger partial charge < -0.3 is 4.42 Å². The molecule has 1 aromatic heterocycles. The summed E-state index contributed by atoms with van der Waals surface area (Å²) in [6.45, 7) is 1.56. The van der Waals surface area contributed by atoms with Crippen molar-refractivity contribution in [2.75, 3.05) is 0 Å². The summed E-state index contributed by atoms with van der Waals surface area (Å²) in [5.41, 5.74) is 4.85. The van der Waals surface area contributed by atoms with E-state index < -0.39 is 0 Å². The molecular weight excluding hydrogens is 292 g/mol. The Morgan fingerprint density at radius 1 is 1.28 bits per heavy atom. The van der Waals surface area contributed by atoms with Crippen molar-refractivity contribution < 1.29 is 9.21 Å². The largest absolute Gasteiger partial charge is 0.457 e. The molecule has 0 N–H and O–H groups in total. The highest BCUT2D eigenvalue weighted by Crippen LogP contribution is 2.34. The van der Waals surface area contributed by atoms with Crippen molar-refractivity contribution in [1.82, 2.24) is 0 Å². The van der Waals surface area contributed by atoms with Gasteiger partial charge >= 0.3 is 0 Å². The zero-order valence-corrected chi connectivity index (χ0v) is 11.7. The van der Waals surface area contributed by atoms with Crippen LogP contribution in [0.15, 0.2) is 28.7 Å². The molecule has 0 unspecified atom stereocenters. The van der Waals surface area contributed by atoms with Gasteiger partial charge in [0.25, 0.3) is 0 Å². The van der Waals surface area contributed by atoms with E-state index in [4.69, 9.17) is 4.42 Å². The molecule has 0 fully saturated rings. The van der Waals surface area contributed by atoms with E-state index in [1.54, 1.807) is 6.92 Å². The lowest BCUT2D eigenvalue weighted by Crippen LogP contribution is -2.06. The van der Waals surface area contributed by atoms with Crippen molar-refractivity contribution in [3.05, 3.63) is 58.0 Å². The highest BCUT2D eigenvalue weighted by molar-refractivity contribution is 9.08. The summed E-state index contributed by atoms with van der Waals surface area (Å²) in [7, 11) is 0. The number of furan rings is 1. The van der Waals surface area contributed by atoms with E-state index in [2.05, 4.69) is 34.1 Å². The van der Waals surface area contributed by atoms with Gasteiger partial charge in [0, 0.05) is 36.2 Å². The summed E-state index contributed by atoms with van der Waals surface area (Å²) in [5, 5.41) is 0.670. The number of halogens is 1. The number of fused-ring (bicyclic) bond motifs is 2. The maximum atomic E-state index is 11.6. The molecule has 3 heteroatoms. The van der Waals surface area contributed by atoms with E-state index >= 15 is 0 Å². The van der Waals surface area contributed by atoms with Crippen molar-refractivity contribution in [3.8, 4) is 0 Å². The number of hydrogen-bond donors (Lipinski definition) is 0. The molecule has 0 bridgehead atoms. The standard InChI is InChI=1S/C15H13BrO2/c1-9(17)15-13(8-16)12-6-10-4-2-3-5-11(10)7-14(12)18-15/h2-5H,6-8H2,1H3. The Labute approximate surface area is 114 Å². The van der Waals surface area contributed by atoms with Crippen LogP contribution in [0, 0.1) is 0 Å². The number of alkyl halides is 1. The Morgan fingerprint density at radius 2 is 1.94 bits per heavy atom. The van der Waals surface area contributed by atoms with Gasteiger partial charge in [0.15, 0.2) is 11.5 Å². The van der Waals surface area contributed by atoms with Crippen LogP contribution in [0.25, 0.3) is 0 Å². The molecule has 2 nitrogen and oxygen atoms in total. The normalized spacial score (nSPS) is 13.0. The van der Waals surface area contributed by atoms with Crippen molar-refractivity contribution in [2.45, 2.75) is 25.1 Å². The minimum atomic E-state index is 0.00269. The summed E-state index contributed by atoms with van der Waals surface area (Å²) >= 11 is 3.46. The van der Waals surface area contributed by atoms with E-state index in [1.807, 2.05) is 6.07 Å². The number of ketones is 1. The minimum absolute atomic E-state index is 0.00269. The summed E-state index contributed by atoms with van der Waals surface area (Å²) in [6, 6.07) is 8.38. The van der Waals surface area contributed by atoms with Crippen molar-refractivity contribution in [3.63, 3.8) is 0 Å². The van der Waals surface area contributed by atoms with Gasteiger partial charge in [-0.2, -0.15) is 0 Å². The molecule has 1 aromatic carbocycles. The molecule has 0 aliphatic heterocycles. The third kappa shape index (κ3) is 1.74. The Balaban J connectivity index is 2.13. The van der Waals surface area contributed by atoms with Crippen LogP contribution < -0.4 is 0 Å². The highest BCUT2D eigenvalue weighted by Gasteiger charge is 2.26. The number of carbonyl (C=O) groups excluding carboxylic acids is 1. The van der Waals surface area contributed by atoms with Crippen molar-refractivity contribution in [1.29, 1.82) is 0 Å². The monoisotopic (exact) mass is 304 g/mol. The molecule has 0 atom stereocenters. The van der Waals surface area contributed by atoms with Gasteiger partial charge in [-0.25, -0.2) is 0 Å². The van der Waals surface area contributed by atoms with Gasteiger partial charge in [-0.15, -0.1) is 0 Å². The van der Waals surface area contributed by atoms with E-state index in [0.717, 1.165) is 24.2 Å². The predicted octanol–water partition coefficient (Wildman–Crippen LogP) is 3.87. The summed E-state index contributed by atoms with van der Waals surface area (Å²) < 4.78 is 5.77. The lowest BCUT2D eigenvalue weighted by molar-refractivity contribution is 0.0985. The topological polar surface area (TPSA) is 30.2 Å². The Bertz CT molecular complexity index is 625. The van der Waals surface area contributed by atoms with E-state index in [0.29, 0.717) is 11.1 Å². The third-order valence-electron chi connectivity index (χ3n) is 3.49. The molecule has 3 rings (SSSR count). The van der Waals surface area contributed by atoms with Crippen LogP contribution in [0.4, 0.5) is 0 Å². The lowest BCUT2D eigenvalue weighted by Gasteiger charge is -2.15. The van der Waals surface area contributed by atoms with Crippen LogP contribution in [0.3, 0.4) is 0 Å². The molecule has 92 valence electrons. The second-order valence-electron chi connectivity index (χ2n) is 4.62. The summed E-state index contributed by atoms with van der Waals surface area (Å²) in [6.07, 6.45) is 1.65. The second kappa shape index (κ2) is 4.39. The van der Waals surface area contributed by atoms with Gasteiger partial charge in [0.2, 0.25) is 0 Å². The number of benzene rings is 1. The SMILES string of the molecule is CC(=O)c1oc2c(c1CBr)Cc1ccccc1C2. The van der Waals surface area contributed by atoms with Crippen LogP contribution in [-0.2, 0) is 18.2 Å². The first-order valence-corrected chi connectivity index (χ1v) is 7.10. The quantitative estimate of drug-likeness (QED) is 0.531. The van der Waals surface area contributed by atoms with Gasteiger partial charge in [-0.1, -0.05) is 40.2 Å². The molecule has 0 radical (unpaired) electrons. The van der Waals surface area contributed by atoms with Crippen molar-refractivity contribution >= 4 is 21.7 Å². The molecule has 18 heavy (non-hydrogen) atoms. The van der Waals surface area contributed by atoms with E-state index in [1.165, 1.54) is 16.7 Å². The predicted molar refractivity (Wildman–Crippen MR) is 73.4 cm³/mol. The highest BCUT2D eigenvalue weighted by atomic mass is 79.9. The first-order chi connectivity index (χ1) is 8.70. The average molecular weight is 305 g/mol. The fraction of sp³-hybridized carbons (Fsp3) is 0.267. The van der Waals surface area contributed by atoms with E-state index in [-0.39, 0.29) is 5.78 Å². The molecule has 0 amide bonds. The zero-order valence-electron chi connectivity index (χ0n) is 10.1. The lowest BCUT2D eigenvalue weighted by atomic mass is 9.89. The van der Waals surface area contributed by atoms with Crippen LogP contribution >= 0.6 is 15.9 Å². The second-order valence-corrected chi connectivity index (χ2v) is 5.18. The van der Waals surface area contributed by atoms with Crippen LogP contribution in [-0.4, -0.2) is 5.78 Å². The number of hydrogen-bond acceptors (Lipinski definition) is 2. The maximum absolute atomic E-state index is 11.6. The minimum Gasteiger partial charge on any atom is -0.457 e. The van der Waals surface area contributed by atoms with Crippen LogP contribution in [0.2, 0.25) is 0 Å². The van der Waals surface area contributed by atoms with E-state index in [9.17, 15) is 4.79 Å². The molecule has 2 aromatic rings. The average Bonchev–Trinajstić information content (AvgIpc) is 2.73. The molecule has 1 aliphatic rings. The molecule has 0 spiro atoms. The summed E-state index contributed by atoms with van der Waals surface area (Å²) in [5.74, 6) is 1.47. The van der Waals surface area contributed by atoms with Gasteiger partial charge in [-0.05, 0) is 11.1 Å². The molecule has 0 saturated carbocycles. The van der Waals surface area contributed by atoms with Crippen molar-refractivity contribution in [2.24, 2.45) is 0 Å². The first kappa shape index (κ1) is 11.7. The Hall–Kier alpha value is -1.35. The number of Topliss-reactive ketones (excluding diaryl/α,β-unsaturated/α-hetero) is 1. The van der Waals surface area contributed by atoms with Crippen LogP contribution in [0.1, 0.15) is 45.5 Å². The maximum Gasteiger partial charge on any atom is 0.195 e. The van der Waals surface area contributed by atoms with Gasteiger partial charge in [0.05, 0.1) is 0 Å². The Morgan fingerprint density at radius 3 is 2.56 bits per heavy atom. The number of rotatable bonds is 2. The fourth-order valence-corrected chi connectivity index (χ4v) is 3.18. The third-order valence-corrected chi connectivity index (χ3v) is 4.05. The molecule has 0 saturated heterocycles.